The van der Waals surface area contributed by atoms with Crippen LogP contribution < -0.4 is 4.90 Å². The van der Waals surface area contributed by atoms with Gasteiger partial charge in [0.15, 0.2) is 11.5 Å². The Morgan fingerprint density at radius 1 is 1.25 bits per heavy atom. The fraction of sp³-hybridized carbons (Fsp3) is 0.667. The lowest BCUT2D eigenvalue weighted by Crippen LogP contribution is -2.42. The number of imidazole rings is 1. The third-order valence-corrected chi connectivity index (χ3v) is 5.88. The minimum atomic E-state index is -4.60. The summed E-state index contributed by atoms with van der Waals surface area (Å²) in [4.78, 5) is 16.2. The summed E-state index contributed by atoms with van der Waals surface area (Å²) in [6, 6.07) is 0.0845. The molecule has 1 N–H and O–H groups in total. The fourth-order valence-corrected chi connectivity index (χ4v) is 5.12. The van der Waals surface area contributed by atoms with Crippen LogP contribution in [-0.2, 0) is 10.9 Å². The molecule has 0 amide bonds. The van der Waals surface area contributed by atoms with Crippen LogP contribution in [0, 0.1) is 17.8 Å². The number of ether oxygens (including phenoxy) is 1. The number of H-pyrrole nitrogens is 1. The Hall–Kier alpha value is -1.90. The summed E-state index contributed by atoms with van der Waals surface area (Å²) >= 11 is 0. The second-order valence-electron chi connectivity index (χ2n) is 6.97. The van der Waals surface area contributed by atoms with Crippen molar-refractivity contribution in [2.45, 2.75) is 31.2 Å². The summed E-state index contributed by atoms with van der Waals surface area (Å²) in [7, 11) is 1.68. The summed E-state index contributed by atoms with van der Waals surface area (Å²) in [5, 5.41) is 0. The van der Waals surface area contributed by atoms with E-state index in [0.29, 0.717) is 35.6 Å². The summed E-state index contributed by atoms with van der Waals surface area (Å²) in [6.45, 7) is 0.716. The van der Waals surface area contributed by atoms with Gasteiger partial charge in [-0.1, -0.05) is 0 Å². The van der Waals surface area contributed by atoms with Gasteiger partial charge < -0.3 is 14.6 Å². The van der Waals surface area contributed by atoms with Crippen LogP contribution >= 0.6 is 0 Å². The lowest BCUT2D eigenvalue weighted by atomic mass is 9.88. The summed E-state index contributed by atoms with van der Waals surface area (Å²) in [5.74, 6) is 0.642. The topological polar surface area (TPSA) is 66.9 Å². The van der Waals surface area contributed by atoms with E-state index in [1.165, 1.54) is 6.33 Å². The van der Waals surface area contributed by atoms with Gasteiger partial charge in [0.1, 0.15) is 5.52 Å². The van der Waals surface area contributed by atoms with Gasteiger partial charge in [0.05, 0.1) is 18.5 Å². The van der Waals surface area contributed by atoms with Crippen LogP contribution in [0.25, 0.3) is 11.2 Å². The Kier molecular flexibility index (Phi) is 2.76. The number of aromatic nitrogens is 4. The number of anilines is 1. The number of halogens is 3. The summed E-state index contributed by atoms with van der Waals surface area (Å²) < 4.78 is 45.2. The normalized spacial score (nSPS) is 34.7. The van der Waals surface area contributed by atoms with E-state index >= 15 is 0 Å². The number of aromatic amines is 1. The minimum Gasteiger partial charge on any atom is -0.379 e. The molecule has 5 rings (SSSR count). The lowest BCUT2D eigenvalue weighted by Gasteiger charge is -2.32. The minimum absolute atomic E-state index is 0.0510. The SMILES string of the molecule is CO[C@@H]1[C@H]2C[C@H]3CN(c4nc(C(F)(F)F)nc5nc[nH]c45)[C@H]1[C@H]3C2. The molecule has 0 aromatic carbocycles. The molecule has 6 nitrogen and oxygen atoms in total. The van der Waals surface area contributed by atoms with Crippen molar-refractivity contribution in [1.82, 2.24) is 19.9 Å². The number of rotatable bonds is 2. The van der Waals surface area contributed by atoms with Gasteiger partial charge >= 0.3 is 6.18 Å². The van der Waals surface area contributed by atoms with Crippen LogP contribution in [-0.4, -0.2) is 45.7 Å². The van der Waals surface area contributed by atoms with Crippen molar-refractivity contribution in [2.24, 2.45) is 17.8 Å². The van der Waals surface area contributed by atoms with E-state index in [1.54, 1.807) is 7.11 Å². The van der Waals surface area contributed by atoms with Gasteiger partial charge in [0.25, 0.3) is 0 Å². The quantitative estimate of drug-likeness (QED) is 0.909. The molecular formula is C15H16F3N5O. The van der Waals surface area contributed by atoms with Gasteiger partial charge in [-0.25, -0.2) is 15.0 Å². The van der Waals surface area contributed by atoms with Crippen molar-refractivity contribution in [2.75, 3.05) is 18.6 Å². The molecule has 1 saturated heterocycles. The molecule has 0 radical (unpaired) electrons. The molecule has 3 fully saturated rings. The lowest BCUT2D eigenvalue weighted by molar-refractivity contribution is -0.144. The van der Waals surface area contributed by atoms with Crippen LogP contribution in [0.4, 0.5) is 19.0 Å². The Labute approximate surface area is 135 Å². The smallest absolute Gasteiger partial charge is 0.379 e. The first-order chi connectivity index (χ1) is 11.5. The van der Waals surface area contributed by atoms with E-state index in [0.717, 1.165) is 12.8 Å². The maximum atomic E-state index is 13.2. The van der Waals surface area contributed by atoms with Crippen molar-refractivity contribution in [3.05, 3.63) is 12.2 Å². The Bertz CT molecular complexity index is 804. The third kappa shape index (κ3) is 1.78. The molecule has 2 saturated carbocycles. The third-order valence-electron chi connectivity index (χ3n) is 5.88. The highest BCUT2D eigenvalue weighted by atomic mass is 19.4. The van der Waals surface area contributed by atoms with E-state index in [4.69, 9.17) is 4.74 Å². The highest BCUT2D eigenvalue weighted by Gasteiger charge is 2.60. The second-order valence-corrected chi connectivity index (χ2v) is 6.97. The number of hydrogen-bond acceptors (Lipinski definition) is 5. The van der Waals surface area contributed by atoms with Crippen molar-refractivity contribution < 1.29 is 17.9 Å². The molecule has 0 spiro atoms. The van der Waals surface area contributed by atoms with Crippen LogP contribution in [0.2, 0.25) is 0 Å². The first kappa shape index (κ1) is 14.4. The molecule has 2 aliphatic carbocycles. The number of nitrogens with zero attached hydrogens (tertiary/aromatic N) is 4. The zero-order valence-electron chi connectivity index (χ0n) is 12.9. The number of methoxy groups -OCH3 is 1. The molecular weight excluding hydrogens is 323 g/mol. The number of hydrogen-bond donors (Lipinski definition) is 1. The van der Waals surface area contributed by atoms with Crippen LogP contribution in [0.15, 0.2) is 6.33 Å². The summed E-state index contributed by atoms with van der Waals surface area (Å²) in [6.07, 6.45) is -1.01. The monoisotopic (exact) mass is 339 g/mol. The molecule has 1 aliphatic heterocycles. The molecule has 128 valence electrons. The van der Waals surface area contributed by atoms with Gasteiger partial charge in [-0.3, -0.25) is 0 Å². The maximum absolute atomic E-state index is 13.2. The molecule has 2 aromatic rings. The van der Waals surface area contributed by atoms with Crippen LogP contribution in [0.1, 0.15) is 18.7 Å². The predicted octanol–water partition coefficient (Wildman–Crippen LogP) is 2.23. The van der Waals surface area contributed by atoms with Gasteiger partial charge in [0, 0.05) is 13.7 Å². The van der Waals surface area contributed by atoms with E-state index in [9.17, 15) is 13.2 Å². The van der Waals surface area contributed by atoms with Crippen molar-refractivity contribution in [1.29, 1.82) is 0 Å². The van der Waals surface area contributed by atoms with Gasteiger partial charge in [-0.15, -0.1) is 0 Å². The van der Waals surface area contributed by atoms with Crippen molar-refractivity contribution in [3.8, 4) is 0 Å². The van der Waals surface area contributed by atoms with Gasteiger partial charge in [-0.05, 0) is 30.6 Å². The molecule has 3 heterocycles. The number of fused-ring (bicyclic) bond motifs is 2. The molecule has 24 heavy (non-hydrogen) atoms. The molecule has 0 unspecified atom stereocenters. The average Bonchev–Trinajstić information content (AvgIpc) is 3.24. The number of alkyl halides is 3. The standard InChI is InChI=1S/C15H16F3N5O/c1-24-11-6-2-7-4-23(10(11)8(7)3-6)13-9-12(20-5-19-9)21-14(22-13)15(16,17)18/h5-8,10-11H,2-4H2,1H3,(H,19,20,21,22)/t6-,7-,8-,10-,11+/m0/s1. The second kappa shape index (κ2) is 4.59. The largest absolute Gasteiger partial charge is 0.451 e. The van der Waals surface area contributed by atoms with Crippen LogP contribution in [0.3, 0.4) is 0 Å². The van der Waals surface area contributed by atoms with E-state index in [2.05, 4.69) is 19.9 Å². The fourth-order valence-electron chi connectivity index (χ4n) is 5.12. The van der Waals surface area contributed by atoms with E-state index < -0.39 is 12.0 Å². The first-order valence-corrected chi connectivity index (χ1v) is 8.05. The molecule has 2 bridgehead atoms. The zero-order valence-corrected chi connectivity index (χ0v) is 12.9. The molecule has 3 aliphatic rings. The molecule has 9 heteroatoms. The van der Waals surface area contributed by atoms with Crippen molar-refractivity contribution in [3.63, 3.8) is 0 Å². The Morgan fingerprint density at radius 3 is 2.83 bits per heavy atom. The van der Waals surface area contributed by atoms with E-state index in [1.807, 2.05) is 4.90 Å². The molecule has 2 aromatic heterocycles. The van der Waals surface area contributed by atoms with Crippen molar-refractivity contribution >= 4 is 17.0 Å². The average molecular weight is 339 g/mol. The highest BCUT2D eigenvalue weighted by Crippen LogP contribution is 2.56. The van der Waals surface area contributed by atoms with E-state index in [-0.39, 0.29) is 17.8 Å². The maximum Gasteiger partial charge on any atom is 0.451 e. The first-order valence-electron chi connectivity index (χ1n) is 8.05. The predicted molar refractivity (Wildman–Crippen MR) is 78.3 cm³/mol. The van der Waals surface area contributed by atoms with Crippen LogP contribution in [0.5, 0.6) is 0 Å². The summed E-state index contributed by atoms with van der Waals surface area (Å²) in [5.41, 5.74) is 0.512. The Balaban J connectivity index is 1.65. The number of nitrogens with one attached hydrogen (secondary N) is 1. The zero-order chi connectivity index (χ0) is 16.6. The highest BCUT2D eigenvalue weighted by molar-refractivity contribution is 5.83. The Morgan fingerprint density at radius 2 is 2.08 bits per heavy atom. The van der Waals surface area contributed by atoms with Gasteiger partial charge in [0.2, 0.25) is 5.82 Å². The van der Waals surface area contributed by atoms with Gasteiger partial charge in [-0.2, -0.15) is 13.2 Å². The molecule has 5 atom stereocenters.